The van der Waals surface area contributed by atoms with Crippen molar-refractivity contribution in [2.75, 3.05) is 142 Å². The summed E-state index contributed by atoms with van der Waals surface area (Å²) in [4.78, 5) is 68.4. The maximum Gasteiger partial charge on any atom is 0.317 e. The van der Waals surface area contributed by atoms with Gasteiger partial charge in [-0.15, -0.1) is 0 Å². The van der Waals surface area contributed by atoms with Crippen molar-refractivity contribution in [3.8, 4) is 0 Å². The van der Waals surface area contributed by atoms with E-state index in [9.17, 15) is 44.4 Å². The van der Waals surface area contributed by atoms with Crippen LogP contribution < -0.4 is 30.7 Å². The monoisotopic (exact) mass is 1550 g/mol. The van der Waals surface area contributed by atoms with Crippen molar-refractivity contribution in [3.63, 3.8) is 0 Å². The second-order valence-electron chi connectivity index (χ2n) is 26.8. The first-order valence-electron chi connectivity index (χ1n) is 34.0. The van der Waals surface area contributed by atoms with Gasteiger partial charge in [0.1, 0.15) is 0 Å². The van der Waals surface area contributed by atoms with Crippen molar-refractivity contribution in [1.82, 2.24) is 43.0 Å². The van der Waals surface area contributed by atoms with Crippen molar-refractivity contribution >= 4 is 152 Å². The number of carbonyl (C=O) groups is 4. The van der Waals surface area contributed by atoms with Crippen LogP contribution in [0.5, 0.6) is 0 Å². The number of rotatable bonds is 6. The summed E-state index contributed by atoms with van der Waals surface area (Å²) >= 11 is 6.87. The summed E-state index contributed by atoms with van der Waals surface area (Å²) in [5.74, 6) is 0.449. The number of nitrogens with one attached hydrogen (secondary N) is 6. The number of hydrogen-bond donors (Lipinski definition) is 6. The van der Waals surface area contributed by atoms with Crippen LogP contribution in [0.25, 0.3) is 38.3 Å². The number of halogens is 2. The first-order valence-corrected chi connectivity index (χ1v) is 40.9. The molecule has 9 aliphatic rings. The van der Waals surface area contributed by atoms with Crippen LogP contribution in [0.3, 0.4) is 0 Å². The van der Waals surface area contributed by atoms with Gasteiger partial charge in [-0.1, -0.05) is 92.0 Å². The fourth-order valence-electron chi connectivity index (χ4n) is 15.4. The van der Waals surface area contributed by atoms with Crippen molar-refractivity contribution in [2.45, 2.75) is 63.5 Å². The van der Waals surface area contributed by atoms with Gasteiger partial charge in [0.05, 0.1) is 47.3 Å². The van der Waals surface area contributed by atoms with Crippen molar-refractivity contribution < 1.29 is 44.4 Å². The highest BCUT2D eigenvalue weighted by molar-refractivity contribution is 9.10. The minimum Gasteiger partial charge on any atom is -0.368 e. The molecule has 29 heteroatoms. The number of amides is 5. The number of piperidine rings is 2. The van der Waals surface area contributed by atoms with Gasteiger partial charge in [0.25, 0.3) is 5.91 Å². The Balaban J connectivity index is 0.000000112. The largest absolute Gasteiger partial charge is 0.368 e. The Morgan fingerprint density at radius 3 is 1.68 bits per heavy atom. The molecule has 24 nitrogen and oxygen atoms in total. The fourth-order valence-corrected chi connectivity index (χ4v) is 19.7. The molecule has 3 unspecified atom stereocenters. The van der Waals surface area contributed by atoms with Gasteiger partial charge in [0, 0.05) is 194 Å². The van der Waals surface area contributed by atoms with Gasteiger partial charge < -0.3 is 55.4 Å². The predicted octanol–water partition coefficient (Wildman–Crippen LogP) is 9.37. The van der Waals surface area contributed by atoms with Crippen LogP contribution in [0, 0.1) is 5.92 Å². The maximum atomic E-state index is 12.3. The molecule has 100 heavy (non-hydrogen) atoms. The summed E-state index contributed by atoms with van der Waals surface area (Å²) in [7, 11) is -9.26. The summed E-state index contributed by atoms with van der Waals surface area (Å²) in [6.45, 7) is 12.6. The molecule has 0 aliphatic carbocycles. The Morgan fingerprint density at radius 2 is 1.09 bits per heavy atom. The molecular formula is C71H84Br2N14O10S3. The van der Waals surface area contributed by atoms with Gasteiger partial charge in [-0.2, -0.15) is 4.31 Å². The molecule has 0 radical (unpaired) electrons. The highest BCUT2D eigenvalue weighted by Gasteiger charge is 2.43. The molecule has 0 spiro atoms. The van der Waals surface area contributed by atoms with Crippen LogP contribution in [0.1, 0.15) is 62.5 Å². The lowest BCUT2D eigenvalue weighted by molar-refractivity contribution is -0.128. The lowest BCUT2D eigenvalue weighted by atomic mass is 9.81. The van der Waals surface area contributed by atoms with Crippen molar-refractivity contribution in [3.05, 3.63) is 153 Å². The van der Waals surface area contributed by atoms with E-state index in [2.05, 4.69) is 138 Å². The number of fused-ring (bicyclic) bond motifs is 7. The van der Waals surface area contributed by atoms with E-state index in [0.717, 1.165) is 134 Å². The molecule has 3 atom stereocenters. The molecule has 6 N–H and O–H groups in total. The number of para-hydroxylation sites is 3. The van der Waals surface area contributed by atoms with Gasteiger partial charge in [-0.05, 0) is 105 Å². The SMILES string of the molecule is CC(=O)N1CCCN(c2c[nH]c3ccccc23)CC1.CS(=O)(=O)N1CCC(=C2C(=O)Nc3ccc(Br)cc32)CC1.CS(=O)(=O)N1CCC(C2C(=O)Nc3ccc(Br)cc32)CC1.O=C1NCC2CN(c3c[nH]c4ccccc34)CCN12.O=S1(=O)CCC2CN(c3c[nH]c4ccccc34)CCN21. The lowest BCUT2D eigenvalue weighted by Gasteiger charge is -2.37. The molecule has 17 rings (SSSR count). The minimum absolute atomic E-state index is 0.0286. The smallest absolute Gasteiger partial charge is 0.317 e. The third kappa shape index (κ3) is 15.4. The van der Waals surface area contributed by atoms with Crippen LogP contribution in [-0.2, 0) is 44.5 Å². The number of H-pyrrole nitrogens is 3. The fraction of sp³-hybridized carbons (Fsp3) is 0.408. The molecule has 12 heterocycles. The van der Waals surface area contributed by atoms with E-state index in [4.69, 9.17) is 0 Å². The number of aromatic amines is 3. The molecular weight excluding hydrogens is 1460 g/mol. The highest BCUT2D eigenvalue weighted by atomic mass is 79.9. The predicted molar refractivity (Wildman–Crippen MR) is 401 cm³/mol. The van der Waals surface area contributed by atoms with E-state index in [1.165, 1.54) is 65.4 Å². The Hall–Kier alpha value is -7.77. The molecule has 8 aromatic rings. The summed E-state index contributed by atoms with van der Waals surface area (Å²) < 4.78 is 76.6. The number of benzene rings is 5. The van der Waals surface area contributed by atoms with Crippen molar-refractivity contribution in [2.24, 2.45) is 5.92 Å². The maximum absolute atomic E-state index is 12.3. The average Bonchev–Trinajstić information content (AvgIpc) is 1.58. The number of anilines is 5. The van der Waals surface area contributed by atoms with Crippen molar-refractivity contribution in [1.29, 1.82) is 0 Å². The molecule has 3 aromatic heterocycles. The zero-order valence-electron chi connectivity index (χ0n) is 56.1. The average molecular weight is 1550 g/mol. The molecule has 5 amide bonds. The van der Waals surface area contributed by atoms with Crippen LogP contribution >= 0.6 is 31.9 Å². The molecule has 7 saturated heterocycles. The number of hydrogen-bond acceptors (Lipinski definition) is 13. The summed E-state index contributed by atoms with van der Waals surface area (Å²) in [6.07, 6.45) is 13.1. The summed E-state index contributed by atoms with van der Waals surface area (Å²) in [5, 5.41) is 12.4. The number of piperazine rings is 2. The van der Waals surface area contributed by atoms with E-state index >= 15 is 0 Å². The molecule has 9 aliphatic heterocycles. The number of aromatic nitrogens is 3. The molecule has 0 bridgehead atoms. The molecule has 0 saturated carbocycles. The second kappa shape index (κ2) is 29.7. The van der Waals surface area contributed by atoms with E-state index in [0.29, 0.717) is 62.9 Å². The third-order valence-corrected chi connectivity index (χ3v) is 26.1. The van der Waals surface area contributed by atoms with Gasteiger partial charge in [0.15, 0.2) is 0 Å². The Morgan fingerprint density at radius 1 is 0.560 bits per heavy atom. The Bertz CT molecular complexity index is 4800. The Labute approximate surface area is 600 Å². The number of urea groups is 1. The van der Waals surface area contributed by atoms with E-state index < -0.39 is 30.1 Å². The number of nitrogens with zero attached hydrogens (tertiary/aromatic N) is 8. The van der Waals surface area contributed by atoms with Crippen LogP contribution in [0.15, 0.2) is 142 Å². The Kier molecular flexibility index (Phi) is 21.0. The third-order valence-electron chi connectivity index (χ3n) is 20.6. The summed E-state index contributed by atoms with van der Waals surface area (Å²) in [5.41, 5.74) is 12.5. The normalized spacial score (nSPS) is 21.8. The molecule has 530 valence electrons. The molecule has 5 aromatic carbocycles. The van der Waals surface area contributed by atoms with Crippen LogP contribution in [-0.4, -0.2) is 215 Å². The van der Waals surface area contributed by atoms with Gasteiger partial charge >= 0.3 is 6.03 Å². The first-order chi connectivity index (χ1) is 47.9. The van der Waals surface area contributed by atoms with E-state index in [1.54, 1.807) is 11.2 Å². The van der Waals surface area contributed by atoms with Crippen LogP contribution in [0.4, 0.5) is 33.2 Å². The quantitative estimate of drug-likeness (QED) is 0.0848. The zero-order valence-corrected chi connectivity index (χ0v) is 61.8. The van der Waals surface area contributed by atoms with Gasteiger partial charge in [0.2, 0.25) is 41.9 Å². The molecule has 7 fully saturated rings. The first kappa shape index (κ1) is 70.7. The van der Waals surface area contributed by atoms with Gasteiger partial charge in [-0.25, -0.2) is 38.7 Å². The standard InChI is InChI=1S/C15H19N3O.C14H17BrN2O3S.C14H15BrN2O3S.C14H16N4O.C14H17N3O2S/c1-12(19)17-7-4-8-18(10-9-17)15-11-16-14-6-3-2-5-13(14)15;2*1-21(19,20)17-6-4-9(5-7-17)13-11-8-10(15)2-3-12(11)16-14(13)18;19-14-16-7-10-9-17(5-6-18(10)14)13-8-15-12-4-2-1-3-11(12)13;18-20(19)8-5-11-10-16(6-7-17(11)20)14-9-15-13-4-2-1-3-12(13)14/h2-3,5-6,11,16H,4,7-10H2,1H3;2-3,8-9,13H,4-7H2,1H3,(H,16,18);2-3,8H,4-7H2,1H3,(H,16,18);1-4,8,10,15H,5-7,9H2,(H,16,19);1-4,9,11,15H,5-8,10H2. The zero-order chi connectivity index (χ0) is 70.2. The second-order valence-corrected chi connectivity index (χ2v) is 34.6. The topological polar surface area (TPSA) is 280 Å². The summed E-state index contributed by atoms with van der Waals surface area (Å²) in [6, 6.07) is 37.0. The lowest BCUT2D eigenvalue weighted by Crippen LogP contribution is -2.52. The number of sulfonamides is 3. The number of carbonyl (C=O) groups excluding carboxylic acids is 4. The van der Waals surface area contributed by atoms with E-state index in [-0.39, 0.29) is 41.6 Å². The van der Waals surface area contributed by atoms with Gasteiger partial charge in [-0.3, -0.25) is 14.4 Å². The minimum atomic E-state index is -3.15. The van der Waals surface area contributed by atoms with E-state index in [1.807, 2.05) is 76.7 Å². The van der Waals surface area contributed by atoms with Crippen LogP contribution in [0.2, 0.25) is 0 Å². The highest BCUT2D eigenvalue weighted by Crippen LogP contribution is 2.44.